The normalized spacial score (nSPS) is 19.8. The maximum absolute atomic E-state index is 13.1. The predicted octanol–water partition coefficient (Wildman–Crippen LogP) is 2.71. The van der Waals surface area contributed by atoms with Crippen LogP contribution >= 0.6 is 12.4 Å². The monoisotopic (exact) mass is 352 g/mol. The van der Waals surface area contributed by atoms with E-state index in [-0.39, 0.29) is 30.2 Å². The third kappa shape index (κ3) is 5.18. The topological polar surface area (TPSA) is 53.5 Å². The molecule has 2 aromatic rings. The van der Waals surface area contributed by atoms with Crippen molar-refractivity contribution in [2.75, 3.05) is 19.6 Å². The van der Waals surface area contributed by atoms with Crippen LogP contribution < -0.4 is 15.4 Å². The molecule has 0 saturated carbocycles. The van der Waals surface area contributed by atoms with E-state index in [1.807, 2.05) is 24.3 Å². The third-order valence-electron chi connectivity index (χ3n) is 3.99. The maximum atomic E-state index is 13.1. The standard InChI is InChI=1S/C18H21FN2O2.ClH/c19-15-2-1-3-17(8-15)23-16-6-4-13(5-7-16)9-20-10-14-11-21-12-18(14)22;/h1-8,14,18,20-22H,9-12H2;1H. The molecule has 0 radical (unpaired) electrons. The van der Waals surface area contributed by atoms with Gasteiger partial charge >= 0.3 is 0 Å². The van der Waals surface area contributed by atoms with Crippen LogP contribution in [0.25, 0.3) is 0 Å². The summed E-state index contributed by atoms with van der Waals surface area (Å²) in [7, 11) is 0. The molecular formula is C18H22ClFN2O2. The Labute approximate surface area is 147 Å². The molecule has 1 heterocycles. The highest BCUT2D eigenvalue weighted by Crippen LogP contribution is 2.22. The summed E-state index contributed by atoms with van der Waals surface area (Å²) in [5, 5.41) is 16.3. The fourth-order valence-corrected chi connectivity index (χ4v) is 2.67. The lowest BCUT2D eigenvalue weighted by atomic mass is 10.1. The number of hydrogen-bond donors (Lipinski definition) is 3. The minimum atomic E-state index is -0.313. The SMILES string of the molecule is Cl.OC1CNCC1CNCc1ccc(Oc2cccc(F)c2)cc1. The molecule has 1 saturated heterocycles. The Morgan fingerprint density at radius 2 is 1.92 bits per heavy atom. The van der Waals surface area contributed by atoms with Crippen LogP contribution in [0.5, 0.6) is 11.5 Å². The molecule has 2 unspecified atom stereocenters. The number of benzene rings is 2. The Morgan fingerprint density at radius 3 is 2.58 bits per heavy atom. The highest BCUT2D eigenvalue weighted by Gasteiger charge is 2.23. The van der Waals surface area contributed by atoms with E-state index in [1.54, 1.807) is 12.1 Å². The Morgan fingerprint density at radius 1 is 1.12 bits per heavy atom. The zero-order chi connectivity index (χ0) is 16.1. The van der Waals surface area contributed by atoms with Crippen molar-refractivity contribution in [1.82, 2.24) is 10.6 Å². The molecule has 1 aliphatic rings. The van der Waals surface area contributed by atoms with E-state index in [1.165, 1.54) is 12.1 Å². The van der Waals surface area contributed by atoms with Crippen molar-refractivity contribution in [3.63, 3.8) is 0 Å². The average Bonchev–Trinajstić information content (AvgIpc) is 2.94. The van der Waals surface area contributed by atoms with Crippen LogP contribution in [0.3, 0.4) is 0 Å². The molecular weight excluding hydrogens is 331 g/mol. The van der Waals surface area contributed by atoms with E-state index < -0.39 is 0 Å². The van der Waals surface area contributed by atoms with Crippen molar-refractivity contribution in [1.29, 1.82) is 0 Å². The van der Waals surface area contributed by atoms with Crippen molar-refractivity contribution in [2.24, 2.45) is 5.92 Å². The zero-order valence-electron chi connectivity index (χ0n) is 13.2. The van der Waals surface area contributed by atoms with E-state index in [2.05, 4.69) is 10.6 Å². The first-order valence-corrected chi connectivity index (χ1v) is 7.82. The summed E-state index contributed by atoms with van der Waals surface area (Å²) in [6.45, 7) is 3.06. The summed E-state index contributed by atoms with van der Waals surface area (Å²) in [4.78, 5) is 0. The number of β-amino-alcohol motifs (C(OH)–C–C–N with tert-alkyl or cyclic N) is 1. The van der Waals surface area contributed by atoms with Crippen LogP contribution in [0.15, 0.2) is 48.5 Å². The van der Waals surface area contributed by atoms with E-state index in [4.69, 9.17) is 4.74 Å². The third-order valence-corrected chi connectivity index (χ3v) is 3.99. The van der Waals surface area contributed by atoms with Gasteiger partial charge in [-0.25, -0.2) is 4.39 Å². The molecule has 3 rings (SSSR count). The Kier molecular flexibility index (Phi) is 6.99. The lowest BCUT2D eigenvalue weighted by Gasteiger charge is -2.14. The fraction of sp³-hybridized carbons (Fsp3) is 0.333. The van der Waals surface area contributed by atoms with Crippen molar-refractivity contribution < 1.29 is 14.2 Å². The molecule has 0 aromatic heterocycles. The zero-order valence-corrected chi connectivity index (χ0v) is 14.1. The summed E-state index contributed by atoms with van der Waals surface area (Å²) in [5.74, 6) is 1.12. The van der Waals surface area contributed by atoms with Gasteiger partial charge < -0.3 is 20.5 Å². The van der Waals surface area contributed by atoms with Crippen LogP contribution in [0.1, 0.15) is 5.56 Å². The van der Waals surface area contributed by atoms with E-state index in [0.717, 1.165) is 25.2 Å². The van der Waals surface area contributed by atoms with Gasteiger partial charge in [0.05, 0.1) is 6.10 Å². The molecule has 1 aliphatic heterocycles. The maximum Gasteiger partial charge on any atom is 0.130 e. The van der Waals surface area contributed by atoms with Gasteiger partial charge in [-0.1, -0.05) is 18.2 Å². The van der Waals surface area contributed by atoms with Crippen LogP contribution in [-0.4, -0.2) is 30.8 Å². The number of hydrogen-bond acceptors (Lipinski definition) is 4. The fourth-order valence-electron chi connectivity index (χ4n) is 2.67. The molecule has 130 valence electrons. The summed E-state index contributed by atoms with van der Waals surface area (Å²) in [6.07, 6.45) is -0.260. The molecule has 4 nitrogen and oxygen atoms in total. The first-order chi connectivity index (χ1) is 11.2. The Bertz CT molecular complexity index is 639. The lowest BCUT2D eigenvalue weighted by molar-refractivity contribution is 0.146. The van der Waals surface area contributed by atoms with E-state index >= 15 is 0 Å². The Balaban J connectivity index is 0.00000208. The summed E-state index contributed by atoms with van der Waals surface area (Å²) < 4.78 is 18.7. The molecule has 1 fully saturated rings. The van der Waals surface area contributed by atoms with Crippen LogP contribution in [0, 0.1) is 11.7 Å². The highest BCUT2D eigenvalue weighted by molar-refractivity contribution is 5.85. The van der Waals surface area contributed by atoms with E-state index in [0.29, 0.717) is 18.0 Å². The van der Waals surface area contributed by atoms with Crippen molar-refractivity contribution in [3.05, 3.63) is 59.9 Å². The van der Waals surface area contributed by atoms with Crippen LogP contribution in [0.4, 0.5) is 4.39 Å². The average molecular weight is 353 g/mol. The van der Waals surface area contributed by atoms with Gasteiger partial charge in [-0.05, 0) is 29.8 Å². The highest BCUT2D eigenvalue weighted by atomic mass is 35.5. The van der Waals surface area contributed by atoms with Gasteiger partial charge in [0.2, 0.25) is 0 Å². The first-order valence-electron chi connectivity index (χ1n) is 7.82. The number of halogens is 2. The summed E-state index contributed by atoms with van der Waals surface area (Å²) >= 11 is 0. The van der Waals surface area contributed by atoms with Gasteiger partial charge in [0.15, 0.2) is 0 Å². The molecule has 0 amide bonds. The van der Waals surface area contributed by atoms with Gasteiger partial charge in [0.25, 0.3) is 0 Å². The largest absolute Gasteiger partial charge is 0.457 e. The molecule has 2 atom stereocenters. The van der Waals surface area contributed by atoms with Gasteiger partial charge in [-0.2, -0.15) is 0 Å². The molecule has 2 aromatic carbocycles. The van der Waals surface area contributed by atoms with Crippen molar-refractivity contribution >= 4 is 12.4 Å². The number of aliphatic hydroxyl groups excluding tert-OH is 1. The van der Waals surface area contributed by atoms with Crippen LogP contribution in [0.2, 0.25) is 0 Å². The summed E-state index contributed by atoms with van der Waals surface area (Å²) in [6, 6.07) is 13.8. The second-order valence-electron chi connectivity index (χ2n) is 5.82. The number of ether oxygens (including phenoxy) is 1. The molecule has 3 N–H and O–H groups in total. The molecule has 0 aliphatic carbocycles. The molecule has 0 spiro atoms. The number of aliphatic hydroxyl groups is 1. The second-order valence-corrected chi connectivity index (χ2v) is 5.82. The molecule has 24 heavy (non-hydrogen) atoms. The van der Waals surface area contributed by atoms with Crippen molar-refractivity contribution in [3.8, 4) is 11.5 Å². The second kappa shape index (κ2) is 8.99. The number of rotatable bonds is 6. The molecule has 6 heteroatoms. The van der Waals surface area contributed by atoms with E-state index in [9.17, 15) is 9.50 Å². The minimum Gasteiger partial charge on any atom is -0.457 e. The first kappa shape index (κ1) is 18.7. The number of nitrogens with one attached hydrogen (secondary N) is 2. The van der Waals surface area contributed by atoms with Crippen LogP contribution in [-0.2, 0) is 6.54 Å². The quantitative estimate of drug-likeness (QED) is 0.748. The van der Waals surface area contributed by atoms with Gasteiger partial charge in [0.1, 0.15) is 17.3 Å². The smallest absolute Gasteiger partial charge is 0.130 e. The summed E-state index contributed by atoms with van der Waals surface area (Å²) in [5.41, 5.74) is 1.14. The van der Waals surface area contributed by atoms with Gasteiger partial charge in [-0.15, -0.1) is 12.4 Å². The lowest BCUT2D eigenvalue weighted by Crippen LogP contribution is -2.30. The molecule has 0 bridgehead atoms. The Hall–Kier alpha value is -1.66. The van der Waals surface area contributed by atoms with Gasteiger partial charge in [0, 0.05) is 38.2 Å². The minimum absolute atomic E-state index is 0. The predicted molar refractivity (Wildman–Crippen MR) is 94.2 cm³/mol. The van der Waals surface area contributed by atoms with Crippen molar-refractivity contribution in [2.45, 2.75) is 12.6 Å². The van der Waals surface area contributed by atoms with Gasteiger partial charge in [-0.3, -0.25) is 0 Å².